The fraction of sp³-hybridized carbons (Fsp3) is 0.467. The Bertz CT molecular complexity index is 418. The molecule has 0 aliphatic rings. The Balaban J connectivity index is 2.12. The first kappa shape index (κ1) is 16.0. The van der Waals surface area contributed by atoms with Crippen molar-refractivity contribution in [3.63, 3.8) is 0 Å². The SMILES string of the molecule is CC(C)CCNC(=O)CNC(=O)NCc1ccccc1. The number of nitrogens with one attached hydrogen (secondary N) is 3. The minimum absolute atomic E-state index is 0.00127. The maximum atomic E-state index is 11.5. The summed E-state index contributed by atoms with van der Waals surface area (Å²) in [6, 6.07) is 9.27. The Morgan fingerprint density at radius 3 is 2.40 bits per heavy atom. The van der Waals surface area contributed by atoms with Gasteiger partial charge in [-0.3, -0.25) is 4.79 Å². The van der Waals surface area contributed by atoms with E-state index in [4.69, 9.17) is 0 Å². The van der Waals surface area contributed by atoms with E-state index in [2.05, 4.69) is 29.8 Å². The fourth-order valence-electron chi connectivity index (χ4n) is 1.56. The third-order valence-electron chi connectivity index (χ3n) is 2.75. The largest absolute Gasteiger partial charge is 0.355 e. The van der Waals surface area contributed by atoms with E-state index in [0.717, 1.165) is 12.0 Å². The van der Waals surface area contributed by atoms with E-state index in [1.807, 2.05) is 30.3 Å². The summed E-state index contributed by atoms with van der Waals surface area (Å²) in [7, 11) is 0. The van der Waals surface area contributed by atoms with Gasteiger partial charge in [-0.15, -0.1) is 0 Å². The molecule has 0 unspecified atom stereocenters. The van der Waals surface area contributed by atoms with Gasteiger partial charge in [0, 0.05) is 13.1 Å². The molecule has 5 heteroatoms. The van der Waals surface area contributed by atoms with Gasteiger partial charge in [0.1, 0.15) is 0 Å². The molecule has 0 bridgehead atoms. The van der Waals surface area contributed by atoms with Crippen molar-refractivity contribution in [2.45, 2.75) is 26.8 Å². The Morgan fingerprint density at radius 2 is 1.75 bits per heavy atom. The molecule has 3 amide bonds. The molecule has 3 N–H and O–H groups in total. The third-order valence-corrected chi connectivity index (χ3v) is 2.75. The predicted octanol–water partition coefficient (Wildman–Crippen LogP) is 1.65. The van der Waals surface area contributed by atoms with E-state index in [-0.39, 0.29) is 18.5 Å². The molecule has 0 aliphatic heterocycles. The van der Waals surface area contributed by atoms with Crippen LogP contribution in [0.1, 0.15) is 25.8 Å². The molecule has 20 heavy (non-hydrogen) atoms. The van der Waals surface area contributed by atoms with Crippen LogP contribution in [0.25, 0.3) is 0 Å². The maximum absolute atomic E-state index is 11.5. The first-order valence-electron chi connectivity index (χ1n) is 6.90. The highest BCUT2D eigenvalue weighted by Crippen LogP contribution is 1.97. The number of carbonyl (C=O) groups excluding carboxylic acids is 2. The highest BCUT2D eigenvalue weighted by atomic mass is 16.2. The van der Waals surface area contributed by atoms with Crippen molar-refractivity contribution in [3.05, 3.63) is 35.9 Å². The van der Waals surface area contributed by atoms with Crippen LogP contribution in [0.15, 0.2) is 30.3 Å². The van der Waals surface area contributed by atoms with E-state index in [9.17, 15) is 9.59 Å². The maximum Gasteiger partial charge on any atom is 0.315 e. The summed E-state index contributed by atoms with van der Waals surface area (Å²) >= 11 is 0. The van der Waals surface area contributed by atoms with Crippen LogP contribution in [0.4, 0.5) is 4.79 Å². The van der Waals surface area contributed by atoms with E-state index in [1.165, 1.54) is 0 Å². The van der Waals surface area contributed by atoms with Crippen LogP contribution in [0.5, 0.6) is 0 Å². The Morgan fingerprint density at radius 1 is 1.05 bits per heavy atom. The smallest absolute Gasteiger partial charge is 0.315 e. The number of urea groups is 1. The van der Waals surface area contributed by atoms with Crippen molar-refractivity contribution >= 4 is 11.9 Å². The zero-order valence-corrected chi connectivity index (χ0v) is 12.1. The zero-order valence-electron chi connectivity index (χ0n) is 12.1. The highest BCUT2D eigenvalue weighted by molar-refractivity contribution is 5.83. The second-order valence-electron chi connectivity index (χ2n) is 5.05. The first-order valence-corrected chi connectivity index (χ1v) is 6.90. The van der Waals surface area contributed by atoms with Gasteiger partial charge in [-0.05, 0) is 17.9 Å². The number of hydrogen-bond acceptors (Lipinski definition) is 2. The molecule has 0 fully saturated rings. The Hall–Kier alpha value is -2.04. The van der Waals surface area contributed by atoms with E-state index in [0.29, 0.717) is 19.0 Å². The van der Waals surface area contributed by atoms with Gasteiger partial charge in [0.05, 0.1) is 6.54 Å². The Kier molecular flexibility index (Phi) is 7.17. The normalized spacial score (nSPS) is 10.2. The molecule has 0 saturated heterocycles. The van der Waals surface area contributed by atoms with Gasteiger partial charge in [-0.25, -0.2) is 4.79 Å². The van der Waals surface area contributed by atoms with Crippen molar-refractivity contribution in [1.29, 1.82) is 0 Å². The van der Waals surface area contributed by atoms with Crippen molar-refractivity contribution in [2.75, 3.05) is 13.1 Å². The van der Waals surface area contributed by atoms with Crippen LogP contribution in [-0.4, -0.2) is 25.0 Å². The monoisotopic (exact) mass is 277 g/mol. The van der Waals surface area contributed by atoms with E-state index < -0.39 is 0 Å². The lowest BCUT2D eigenvalue weighted by molar-refractivity contribution is -0.120. The number of rotatable bonds is 7. The second-order valence-corrected chi connectivity index (χ2v) is 5.05. The molecule has 0 spiro atoms. The standard InChI is InChI=1S/C15H23N3O2/c1-12(2)8-9-16-14(19)11-18-15(20)17-10-13-6-4-3-5-7-13/h3-7,12H,8-11H2,1-2H3,(H,16,19)(H2,17,18,20). The van der Waals surface area contributed by atoms with Gasteiger partial charge in [0.15, 0.2) is 0 Å². The third kappa shape index (κ3) is 7.41. The van der Waals surface area contributed by atoms with Crippen LogP contribution >= 0.6 is 0 Å². The summed E-state index contributed by atoms with van der Waals surface area (Å²) in [5, 5.41) is 7.99. The Labute approximate surface area is 120 Å². The number of hydrogen-bond donors (Lipinski definition) is 3. The van der Waals surface area contributed by atoms with Crippen molar-refractivity contribution in [3.8, 4) is 0 Å². The van der Waals surface area contributed by atoms with Crippen LogP contribution in [-0.2, 0) is 11.3 Å². The van der Waals surface area contributed by atoms with Gasteiger partial charge in [0.25, 0.3) is 0 Å². The summed E-state index contributed by atoms with van der Waals surface area (Å²) in [5.41, 5.74) is 1.02. The fourth-order valence-corrected chi connectivity index (χ4v) is 1.56. The molecule has 5 nitrogen and oxygen atoms in total. The minimum Gasteiger partial charge on any atom is -0.355 e. The van der Waals surface area contributed by atoms with E-state index in [1.54, 1.807) is 0 Å². The summed E-state index contributed by atoms with van der Waals surface area (Å²) in [4.78, 5) is 23.0. The van der Waals surface area contributed by atoms with Crippen LogP contribution in [0, 0.1) is 5.92 Å². The average Bonchev–Trinajstić information content (AvgIpc) is 2.43. The lowest BCUT2D eigenvalue weighted by Crippen LogP contribution is -2.42. The highest BCUT2D eigenvalue weighted by Gasteiger charge is 2.04. The lowest BCUT2D eigenvalue weighted by Gasteiger charge is -2.09. The lowest BCUT2D eigenvalue weighted by atomic mass is 10.1. The molecule has 1 rings (SSSR count). The molecule has 0 aromatic heterocycles. The summed E-state index contributed by atoms with van der Waals surface area (Å²) in [5.74, 6) is 0.387. The van der Waals surface area contributed by atoms with Gasteiger partial charge >= 0.3 is 6.03 Å². The molecule has 0 saturated carbocycles. The van der Waals surface area contributed by atoms with Crippen molar-refractivity contribution < 1.29 is 9.59 Å². The van der Waals surface area contributed by atoms with Gasteiger partial charge < -0.3 is 16.0 Å². The molecule has 0 radical (unpaired) electrons. The zero-order chi connectivity index (χ0) is 14.8. The number of benzene rings is 1. The number of amides is 3. The minimum atomic E-state index is -0.340. The van der Waals surface area contributed by atoms with Crippen LogP contribution in [0.3, 0.4) is 0 Å². The average molecular weight is 277 g/mol. The predicted molar refractivity (Wildman–Crippen MR) is 79.1 cm³/mol. The van der Waals surface area contributed by atoms with Crippen molar-refractivity contribution in [2.24, 2.45) is 5.92 Å². The topological polar surface area (TPSA) is 70.2 Å². The quantitative estimate of drug-likeness (QED) is 0.709. The summed E-state index contributed by atoms with van der Waals surface area (Å²) in [6.45, 7) is 5.28. The molecule has 0 aliphatic carbocycles. The van der Waals surface area contributed by atoms with E-state index >= 15 is 0 Å². The van der Waals surface area contributed by atoms with Gasteiger partial charge in [-0.2, -0.15) is 0 Å². The number of carbonyl (C=O) groups is 2. The molecular formula is C15H23N3O2. The first-order chi connectivity index (χ1) is 9.58. The molecular weight excluding hydrogens is 254 g/mol. The molecule has 110 valence electrons. The second kappa shape index (κ2) is 8.96. The molecule has 0 heterocycles. The molecule has 1 aromatic rings. The molecule has 1 aromatic carbocycles. The van der Waals surface area contributed by atoms with Crippen LogP contribution in [0.2, 0.25) is 0 Å². The van der Waals surface area contributed by atoms with Crippen molar-refractivity contribution in [1.82, 2.24) is 16.0 Å². The summed E-state index contributed by atoms with van der Waals surface area (Å²) in [6.07, 6.45) is 0.936. The van der Waals surface area contributed by atoms with Gasteiger partial charge in [-0.1, -0.05) is 44.2 Å². The summed E-state index contributed by atoms with van der Waals surface area (Å²) < 4.78 is 0. The van der Waals surface area contributed by atoms with Crippen LogP contribution < -0.4 is 16.0 Å². The van der Waals surface area contributed by atoms with Gasteiger partial charge in [0.2, 0.25) is 5.91 Å². The molecule has 0 atom stereocenters.